The summed E-state index contributed by atoms with van der Waals surface area (Å²) in [5.41, 5.74) is 0. The predicted molar refractivity (Wildman–Crippen MR) is 67.5 cm³/mol. The summed E-state index contributed by atoms with van der Waals surface area (Å²) in [6.07, 6.45) is 0. The van der Waals surface area contributed by atoms with Crippen molar-refractivity contribution >= 4 is 43.3 Å². The third kappa shape index (κ3) is 2.12. The van der Waals surface area contributed by atoms with Gasteiger partial charge in [-0.2, -0.15) is 0 Å². The molecule has 0 spiro atoms. The van der Waals surface area contributed by atoms with Crippen LogP contribution in [0.4, 0.5) is 0 Å². The van der Waals surface area contributed by atoms with Crippen LogP contribution in [-0.4, -0.2) is 27.4 Å². The van der Waals surface area contributed by atoms with E-state index in [1.54, 1.807) is 13.0 Å². The molecule has 0 amide bonds. The van der Waals surface area contributed by atoms with Crippen LogP contribution in [0.5, 0.6) is 11.8 Å². The molecule has 0 bridgehead atoms. The molecule has 0 aromatic carbocycles. The zero-order valence-corrected chi connectivity index (χ0v) is 11.3. The minimum Gasteiger partial charge on any atom is -0.494 e. The number of carbonyl (C=O) groups excluding carboxylic acids is 1. The summed E-state index contributed by atoms with van der Waals surface area (Å²) in [5, 5.41) is 20.3. The van der Waals surface area contributed by atoms with Crippen LogP contribution < -0.4 is 0 Å². The number of aromatic hydroxyl groups is 2. The van der Waals surface area contributed by atoms with Gasteiger partial charge in [-0.1, -0.05) is 0 Å². The highest BCUT2D eigenvalue weighted by atomic mass is 79.9. The van der Waals surface area contributed by atoms with Gasteiger partial charge in [-0.25, -0.2) is 0 Å². The number of hydrogen-bond donors (Lipinski definition) is 2. The molecule has 0 unspecified atom stereocenters. The molecule has 5 nitrogen and oxygen atoms in total. The van der Waals surface area contributed by atoms with E-state index in [2.05, 4.69) is 15.9 Å². The zero-order chi connectivity index (χ0) is 12.6. The monoisotopic (exact) mass is 319 g/mol. The van der Waals surface area contributed by atoms with Gasteiger partial charge in [-0.3, -0.25) is 9.36 Å². The van der Waals surface area contributed by atoms with E-state index in [0.717, 1.165) is 8.35 Å². The second kappa shape index (κ2) is 4.58. The van der Waals surface area contributed by atoms with Crippen LogP contribution in [-0.2, 0) is 16.1 Å². The fourth-order valence-electron chi connectivity index (χ4n) is 1.55. The summed E-state index contributed by atoms with van der Waals surface area (Å²) < 4.78 is 7.24. The SMILES string of the molecule is CCOC(=O)Cn1c(O)c2cc(Br)sc2c1O. The lowest BCUT2D eigenvalue weighted by Crippen LogP contribution is -2.12. The van der Waals surface area contributed by atoms with Crippen LogP contribution >= 0.6 is 27.3 Å². The second-order valence-corrected chi connectivity index (χ2v) is 5.76. The predicted octanol–water partition coefficient (Wildman–Crippen LogP) is 2.44. The lowest BCUT2D eigenvalue weighted by Gasteiger charge is -2.05. The van der Waals surface area contributed by atoms with Crippen molar-refractivity contribution in [1.82, 2.24) is 4.57 Å². The van der Waals surface area contributed by atoms with Gasteiger partial charge in [0.2, 0.25) is 11.8 Å². The molecule has 0 radical (unpaired) electrons. The Morgan fingerprint density at radius 3 is 2.82 bits per heavy atom. The summed E-state index contributed by atoms with van der Waals surface area (Å²) in [4.78, 5) is 11.3. The first-order valence-electron chi connectivity index (χ1n) is 4.89. The van der Waals surface area contributed by atoms with E-state index in [9.17, 15) is 15.0 Å². The summed E-state index contributed by atoms with van der Waals surface area (Å²) >= 11 is 4.56. The van der Waals surface area contributed by atoms with Gasteiger partial charge in [0, 0.05) is 0 Å². The van der Waals surface area contributed by atoms with Crippen LogP contribution in [0.1, 0.15) is 6.92 Å². The Labute approximate surface area is 109 Å². The molecule has 0 atom stereocenters. The topological polar surface area (TPSA) is 71.7 Å². The largest absolute Gasteiger partial charge is 0.494 e. The number of fused-ring (bicyclic) bond motifs is 1. The number of thiophene rings is 1. The molecule has 17 heavy (non-hydrogen) atoms. The van der Waals surface area contributed by atoms with E-state index < -0.39 is 5.97 Å². The van der Waals surface area contributed by atoms with Crippen molar-refractivity contribution in [3.8, 4) is 11.8 Å². The van der Waals surface area contributed by atoms with Crippen molar-refractivity contribution in [2.24, 2.45) is 0 Å². The first kappa shape index (κ1) is 12.3. The molecule has 2 aromatic rings. The summed E-state index contributed by atoms with van der Waals surface area (Å²) in [6.45, 7) is 1.76. The molecule has 0 fully saturated rings. The third-order valence-electron chi connectivity index (χ3n) is 2.25. The highest BCUT2D eigenvalue weighted by Crippen LogP contribution is 2.43. The number of carbonyl (C=O) groups is 1. The van der Waals surface area contributed by atoms with Gasteiger partial charge < -0.3 is 14.9 Å². The molecular formula is C10H10BrNO4S. The number of rotatable bonds is 3. The number of nitrogens with zero attached hydrogens (tertiary/aromatic N) is 1. The number of aromatic nitrogens is 1. The number of hydrogen-bond acceptors (Lipinski definition) is 5. The van der Waals surface area contributed by atoms with Crippen LogP contribution in [0.2, 0.25) is 0 Å². The maximum Gasteiger partial charge on any atom is 0.326 e. The maximum absolute atomic E-state index is 11.3. The Hall–Kier alpha value is -1.21. The third-order valence-corrected chi connectivity index (χ3v) is 3.88. The average molecular weight is 320 g/mol. The van der Waals surface area contributed by atoms with E-state index in [0.29, 0.717) is 10.1 Å². The molecule has 0 aliphatic heterocycles. The Morgan fingerprint density at radius 1 is 1.53 bits per heavy atom. The van der Waals surface area contributed by atoms with E-state index in [1.165, 1.54) is 11.3 Å². The van der Waals surface area contributed by atoms with Gasteiger partial charge in [-0.15, -0.1) is 11.3 Å². The molecule has 2 heterocycles. The molecule has 0 saturated carbocycles. The van der Waals surface area contributed by atoms with Crippen LogP contribution in [0.15, 0.2) is 9.85 Å². The molecule has 2 N–H and O–H groups in total. The Morgan fingerprint density at radius 2 is 2.24 bits per heavy atom. The van der Waals surface area contributed by atoms with Crippen molar-refractivity contribution in [2.45, 2.75) is 13.5 Å². The quantitative estimate of drug-likeness (QED) is 0.852. The highest BCUT2D eigenvalue weighted by molar-refractivity contribution is 9.11. The van der Waals surface area contributed by atoms with E-state index in [-0.39, 0.29) is 24.9 Å². The second-order valence-electron chi connectivity index (χ2n) is 3.33. The van der Waals surface area contributed by atoms with Crippen molar-refractivity contribution in [2.75, 3.05) is 6.61 Å². The van der Waals surface area contributed by atoms with Gasteiger partial charge in [0.05, 0.1) is 15.8 Å². The molecule has 0 aliphatic rings. The number of ether oxygens (including phenoxy) is 1. The van der Waals surface area contributed by atoms with Gasteiger partial charge in [0.25, 0.3) is 0 Å². The lowest BCUT2D eigenvalue weighted by atomic mass is 10.4. The smallest absolute Gasteiger partial charge is 0.326 e. The van der Waals surface area contributed by atoms with Crippen molar-refractivity contribution in [3.63, 3.8) is 0 Å². The summed E-state index contributed by atoms with van der Waals surface area (Å²) in [7, 11) is 0. The van der Waals surface area contributed by atoms with Crippen molar-refractivity contribution in [3.05, 3.63) is 9.85 Å². The summed E-state index contributed by atoms with van der Waals surface area (Å²) in [5.74, 6) is -0.756. The van der Waals surface area contributed by atoms with Crippen molar-refractivity contribution < 1.29 is 19.7 Å². The number of esters is 1. The Kier molecular flexibility index (Phi) is 3.30. The Balaban J connectivity index is 2.41. The molecule has 2 rings (SSSR count). The number of halogens is 1. The molecule has 7 heteroatoms. The minimum absolute atomic E-state index is 0.124. The van der Waals surface area contributed by atoms with E-state index in [1.807, 2.05) is 0 Å². The van der Waals surface area contributed by atoms with Crippen LogP contribution in [0.3, 0.4) is 0 Å². The first-order valence-corrected chi connectivity index (χ1v) is 6.50. The molecule has 0 aliphatic carbocycles. The maximum atomic E-state index is 11.3. The van der Waals surface area contributed by atoms with Gasteiger partial charge >= 0.3 is 5.97 Å². The van der Waals surface area contributed by atoms with Gasteiger partial charge in [0.1, 0.15) is 11.2 Å². The lowest BCUT2D eigenvalue weighted by molar-refractivity contribution is -0.144. The fraction of sp³-hybridized carbons (Fsp3) is 0.300. The average Bonchev–Trinajstić information content (AvgIpc) is 2.74. The standard InChI is InChI=1S/C10H10BrNO4S/c1-2-16-7(13)4-12-9(14)5-3-6(11)17-8(5)10(12)15/h3,14-15H,2,4H2,1H3. The molecule has 92 valence electrons. The zero-order valence-electron chi connectivity index (χ0n) is 8.94. The van der Waals surface area contributed by atoms with Gasteiger partial charge in [-0.05, 0) is 28.9 Å². The summed E-state index contributed by atoms with van der Waals surface area (Å²) in [6, 6.07) is 1.69. The molecule has 0 saturated heterocycles. The van der Waals surface area contributed by atoms with E-state index in [4.69, 9.17) is 4.74 Å². The van der Waals surface area contributed by atoms with Gasteiger partial charge in [0.15, 0.2) is 0 Å². The van der Waals surface area contributed by atoms with Crippen molar-refractivity contribution in [1.29, 1.82) is 0 Å². The Bertz CT molecular complexity index is 537. The van der Waals surface area contributed by atoms with E-state index >= 15 is 0 Å². The first-order chi connectivity index (χ1) is 8.04. The van der Waals surface area contributed by atoms with Crippen LogP contribution in [0.25, 0.3) is 10.1 Å². The normalized spacial score (nSPS) is 10.9. The minimum atomic E-state index is -0.500. The van der Waals surface area contributed by atoms with Crippen LogP contribution in [0, 0.1) is 0 Å². The highest BCUT2D eigenvalue weighted by Gasteiger charge is 2.20. The molecule has 2 aromatic heterocycles. The fourth-order valence-corrected chi connectivity index (χ4v) is 3.09. The molecular weight excluding hydrogens is 310 g/mol.